The first kappa shape index (κ1) is 27.5. The number of ether oxygens (including phenoxy) is 1. The predicted octanol–water partition coefficient (Wildman–Crippen LogP) is 4.15. The predicted molar refractivity (Wildman–Crippen MR) is 143 cm³/mol. The van der Waals surface area contributed by atoms with Crippen LogP contribution in [0.5, 0.6) is 0 Å². The van der Waals surface area contributed by atoms with Crippen LogP contribution in [0.4, 0.5) is 15.8 Å². The van der Waals surface area contributed by atoms with Crippen molar-refractivity contribution in [3.8, 4) is 0 Å². The van der Waals surface area contributed by atoms with Crippen LogP contribution in [0.2, 0.25) is 4.34 Å². The van der Waals surface area contributed by atoms with E-state index < -0.39 is 11.9 Å². The smallest absolute Gasteiger partial charge is 0.261 e. The first-order chi connectivity index (χ1) is 17.5. The molecule has 1 aliphatic carbocycles. The number of carbonyl (C=O) groups excluding carboxylic acids is 3. The lowest BCUT2D eigenvalue weighted by molar-refractivity contribution is -0.125. The van der Waals surface area contributed by atoms with Gasteiger partial charge < -0.3 is 20.3 Å². The summed E-state index contributed by atoms with van der Waals surface area (Å²) in [6.07, 6.45) is 1.95. The minimum atomic E-state index is -0.658. The highest BCUT2D eigenvalue weighted by Crippen LogP contribution is 2.32. The third kappa shape index (κ3) is 7.28. The number of hydrogen-bond donors (Lipinski definition) is 2. The van der Waals surface area contributed by atoms with E-state index in [0.29, 0.717) is 22.4 Å². The summed E-state index contributed by atoms with van der Waals surface area (Å²) in [5.41, 5.74) is 0.349. The molecule has 2 aromatic rings. The second kappa shape index (κ2) is 11.5. The number of halogens is 2. The topological polar surface area (TPSA) is 91.0 Å². The molecule has 11 heteroatoms. The van der Waals surface area contributed by atoms with Crippen LogP contribution in [0.25, 0.3) is 0 Å². The number of amides is 3. The first-order valence-corrected chi connectivity index (χ1v) is 13.5. The van der Waals surface area contributed by atoms with Crippen LogP contribution in [0, 0.1) is 11.2 Å². The Bertz CT molecular complexity index is 1160. The standard InChI is InChI=1S/C26H32ClFN4O4S/c1-26(2,3)15-32(17-5-6-17)20(13-29-25(35)21-8-9-22(27)37-21)24(34)30-16-4-7-19(18(28)12-16)31-10-11-36-14-23(31)33/h4,7-9,12,17,20H,5-6,10-11,13-15H2,1-3H3,(H,29,35)(H,30,34)/t20-/m0/s1. The normalized spacial score (nSPS) is 17.1. The minimum absolute atomic E-state index is 0.0785. The number of rotatable bonds is 9. The summed E-state index contributed by atoms with van der Waals surface area (Å²) in [6.45, 7) is 7.56. The zero-order valence-corrected chi connectivity index (χ0v) is 22.8. The lowest BCUT2D eigenvalue weighted by Crippen LogP contribution is -2.53. The van der Waals surface area contributed by atoms with E-state index in [-0.39, 0.29) is 60.2 Å². The van der Waals surface area contributed by atoms with Gasteiger partial charge in [0.15, 0.2) is 0 Å². The van der Waals surface area contributed by atoms with Gasteiger partial charge in [0, 0.05) is 31.4 Å². The van der Waals surface area contributed by atoms with Crippen LogP contribution in [-0.4, -0.2) is 67.6 Å². The average Bonchev–Trinajstić information content (AvgIpc) is 3.58. The van der Waals surface area contributed by atoms with Gasteiger partial charge >= 0.3 is 0 Å². The summed E-state index contributed by atoms with van der Waals surface area (Å²) in [6, 6.07) is 7.17. The second-order valence-electron chi connectivity index (χ2n) is 10.5. The van der Waals surface area contributed by atoms with E-state index >= 15 is 0 Å². The molecule has 1 aromatic carbocycles. The van der Waals surface area contributed by atoms with Crippen molar-refractivity contribution in [1.29, 1.82) is 0 Å². The van der Waals surface area contributed by atoms with Gasteiger partial charge in [-0.1, -0.05) is 32.4 Å². The van der Waals surface area contributed by atoms with Gasteiger partial charge in [0.2, 0.25) is 5.91 Å². The quantitative estimate of drug-likeness (QED) is 0.489. The highest BCUT2D eigenvalue weighted by Gasteiger charge is 2.39. The maximum absolute atomic E-state index is 15.0. The van der Waals surface area contributed by atoms with Crippen LogP contribution >= 0.6 is 22.9 Å². The van der Waals surface area contributed by atoms with Crippen molar-refractivity contribution in [2.45, 2.75) is 45.7 Å². The Morgan fingerprint density at radius 1 is 1.27 bits per heavy atom. The molecule has 2 aliphatic rings. The van der Waals surface area contributed by atoms with Crippen LogP contribution in [0.3, 0.4) is 0 Å². The summed E-state index contributed by atoms with van der Waals surface area (Å²) in [5, 5.41) is 5.70. The molecule has 2 N–H and O–H groups in total. The van der Waals surface area contributed by atoms with Crippen LogP contribution < -0.4 is 15.5 Å². The lowest BCUT2D eigenvalue weighted by Gasteiger charge is -2.36. The van der Waals surface area contributed by atoms with E-state index in [9.17, 15) is 18.8 Å². The molecule has 0 unspecified atom stereocenters. The molecule has 2 heterocycles. The number of nitrogens with zero attached hydrogens (tertiary/aromatic N) is 2. The van der Waals surface area contributed by atoms with Crippen molar-refractivity contribution < 1.29 is 23.5 Å². The molecule has 0 bridgehead atoms. The molecule has 37 heavy (non-hydrogen) atoms. The Hall–Kier alpha value is -2.53. The highest BCUT2D eigenvalue weighted by atomic mass is 35.5. The summed E-state index contributed by atoms with van der Waals surface area (Å²) in [5.74, 6) is -1.56. The average molecular weight is 551 g/mol. The van der Waals surface area contributed by atoms with Crippen molar-refractivity contribution in [1.82, 2.24) is 10.2 Å². The molecular weight excluding hydrogens is 519 g/mol. The molecule has 1 aliphatic heterocycles. The summed E-state index contributed by atoms with van der Waals surface area (Å²) in [4.78, 5) is 42.3. The number of anilines is 2. The molecule has 0 radical (unpaired) electrons. The van der Waals surface area contributed by atoms with Crippen LogP contribution in [0.15, 0.2) is 30.3 Å². The summed E-state index contributed by atoms with van der Waals surface area (Å²) < 4.78 is 20.6. The van der Waals surface area contributed by atoms with Gasteiger partial charge in [0.25, 0.3) is 11.8 Å². The fraction of sp³-hybridized carbons (Fsp3) is 0.500. The fourth-order valence-electron chi connectivity index (χ4n) is 4.32. The number of nitrogens with one attached hydrogen (secondary N) is 2. The van der Waals surface area contributed by atoms with E-state index in [0.717, 1.165) is 12.8 Å². The van der Waals surface area contributed by atoms with Gasteiger partial charge in [-0.2, -0.15) is 0 Å². The molecule has 8 nitrogen and oxygen atoms in total. The molecule has 3 amide bonds. The van der Waals surface area contributed by atoms with Crippen molar-refractivity contribution in [2.75, 3.05) is 43.1 Å². The zero-order chi connectivity index (χ0) is 26.7. The van der Waals surface area contributed by atoms with E-state index in [1.54, 1.807) is 18.2 Å². The number of hydrogen-bond acceptors (Lipinski definition) is 6. The monoisotopic (exact) mass is 550 g/mol. The van der Waals surface area contributed by atoms with Gasteiger partial charge in [-0.05, 0) is 48.6 Å². The van der Waals surface area contributed by atoms with Gasteiger partial charge in [0.05, 0.1) is 21.5 Å². The van der Waals surface area contributed by atoms with Gasteiger partial charge in [0.1, 0.15) is 18.5 Å². The zero-order valence-electron chi connectivity index (χ0n) is 21.2. The molecule has 1 aromatic heterocycles. The minimum Gasteiger partial charge on any atom is -0.370 e. The largest absolute Gasteiger partial charge is 0.370 e. The molecule has 200 valence electrons. The Labute approximate surface area is 225 Å². The lowest BCUT2D eigenvalue weighted by atomic mass is 9.95. The highest BCUT2D eigenvalue weighted by molar-refractivity contribution is 7.18. The number of thiophene rings is 1. The van der Waals surface area contributed by atoms with E-state index in [2.05, 4.69) is 36.3 Å². The van der Waals surface area contributed by atoms with Crippen LogP contribution in [0.1, 0.15) is 43.3 Å². The number of morpholine rings is 1. The van der Waals surface area contributed by atoms with E-state index in [1.165, 1.54) is 28.4 Å². The SMILES string of the molecule is CC(C)(C)CN(C1CC1)[C@@H](CNC(=O)c1ccc(Cl)s1)C(=O)Nc1ccc(N2CCOCC2=O)c(F)c1. The first-order valence-electron chi connectivity index (χ1n) is 12.3. The molecule has 1 saturated carbocycles. The molecule has 2 fully saturated rings. The third-order valence-electron chi connectivity index (χ3n) is 6.12. The molecule has 1 saturated heterocycles. The number of carbonyl (C=O) groups is 3. The van der Waals surface area contributed by atoms with Crippen LogP contribution in [-0.2, 0) is 14.3 Å². The summed E-state index contributed by atoms with van der Waals surface area (Å²) in [7, 11) is 0. The van der Waals surface area contributed by atoms with Gasteiger partial charge in [-0.25, -0.2) is 4.39 Å². The molecule has 1 atom stereocenters. The summed E-state index contributed by atoms with van der Waals surface area (Å²) >= 11 is 7.14. The fourth-order valence-corrected chi connectivity index (χ4v) is 5.28. The molecular formula is C26H32ClFN4O4S. The van der Waals surface area contributed by atoms with Gasteiger partial charge in [-0.15, -0.1) is 11.3 Å². The van der Waals surface area contributed by atoms with Crippen molar-refractivity contribution >= 4 is 52.0 Å². The molecule has 4 rings (SSSR count). The maximum Gasteiger partial charge on any atom is 0.261 e. The van der Waals surface area contributed by atoms with E-state index in [1.807, 2.05) is 0 Å². The van der Waals surface area contributed by atoms with E-state index in [4.69, 9.17) is 16.3 Å². The number of benzene rings is 1. The van der Waals surface area contributed by atoms with Crippen molar-refractivity contribution in [2.24, 2.45) is 5.41 Å². The Kier molecular flexibility index (Phi) is 8.52. The third-order valence-corrected chi connectivity index (χ3v) is 7.35. The Morgan fingerprint density at radius 3 is 2.62 bits per heavy atom. The second-order valence-corrected chi connectivity index (χ2v) is 12.3. The Balaban J connectivity index is 1.51. The van der Waals surface area contributed by atoms with Crippen molar-refractivity contribution in [3.63, 3.8) is 0 Å². The van der Waals surface area contributed by atoms with Crippen molar-refractivity contribution in [3.05, 3.63) is 45.4 Å². The van der Waals surface area contributed by atoms with Gasteiger partial charge in [-0.3, -0.25) is 19.3 Å². The maximum atomic E-state index is 15.0. The molecule has 0 spiro atoms. The Morgan fingerprint density at radius 2 is 2.03 bits per heavy atom.